The van der Waals surface area contributed by atoms with Crippen LogP contribution < -0.4 is 14.8 Å². The van der Waals surface area contributed by atoms with E-state index < -0.39 is 0 Å². The Balaban J connectivity index is 1.89. The summed E-state index contributed by atoms with van der Waals surface area (Å²) in [6.45, 7) is 7.62. The van der Waals surface area contributed by atoms with Gasteiger partial charge in [0.25, 0.3) is 0 Å². The molecule has 0 bridgehead atoms. The molecule has 0 aliphatic heterocycles. The third kappa shape index (κ3) is 5.11. The number of rotatable bonds is 8. The Morgan fingerprint density at radius 3 is 2.57 bits per heavy atom. The van der Waals surface area contributed by atoms with Crippen LogP contribution in [0.15, 0.2) is 34.9 Å². The predicted octanol–water partition coefficient (Wildman–Crippen LogP) is 3.75. The summed E-state index contributed by atoms with van der Waals surface area (Å²) in [7, 11) is 0. The van der Waals surface area contributed by atoms with Crippen LogP contribution in [0.25, 0.3) is 0 Å². The number of hydrogen-bond acceptors (Lipinski definition) is 5. The third-order valence-corrected chi connectivity index (χ3v) is 2.72. The molecule has 1 heterocycles. The average molecular weight is 290 g/mol. The van der Waals surface area contributed by atoms with Crippen LogP contribution in [-0.4, -0.2) is 17.6 Å². The molecule has 0 aliphatic rings. The standard InChI is InChI=1S/C16H22N2O3/c1-4-9-19-14-5-7-15(8-6-14)21-16-18-13(11-20-16)10-17-12(2)3/h5-8,11-12,17H,4,9-10H2,1-3H3. The van der Waals surface area contributed by atoms with Crippen LogP contribution in [0.4, 0.5) is 0 Å². The van der Waals surface area contributed by atoms with E-state index in [1.165, 1.54) is 0 Å². The van der Waals surface area contributed by atoms with Gasteiger partial charge in [-0.25, -0.2) is 0 Å². The summed E-state index contributed by atoms with van der Waals surface area (Å²) in [5.74, 6) is 1.50. The zero-order chi connectivity index (χ0) is 15.1. The second-order valence-corrected chi connectivity index (χ2v) is 5.06. The van der Waals surface area contributed by atoms with Gasteiger partial charge in [-0.3, -0.25) is 0 Å². The summed E-state index contributed by atoms with van der Waals surface area (Å²) in [5.41, 5.74) is 0.821. The monoisotopic (exact) mass is 290 g/mol. The summed E-state index contributed by atoms with van der Waals surface area (Å²) in [5, 5.41) is 3.27. The Bertz CT molecular complexity index is 535. The van der Waals surface area contributed by atoms with Gasteiger partial charge >= 0.3 is 6.08 Å². The topological polar surface area (TPSA) is 56.5 Å². The van der Waals surface area contributed by atoms with Crippen LogP contribution in [0.3, 0.4) is 0 Å². The van der Waals surface area contributed by atoms with Crippen molar-refractivity contribution in [3.8, 4) is 17.6 Å². The molecule has 5 nitrogen and oxygen atoms in total. The molecule has 0 aliphatic carbocycles. The lowest BCUT2D eigenvalue weighted by Crippen LogP contribution is -2.21. The molecule has 0 radical (unpaired) electrons. The van der Waals surface area contributed by atoms with Gasteiger partial charge in [0.1, 0.15) is 17.8 Å². The Labute approximate surface area is 125 Å². The summed E-state index contributed by atoms with van der Waals surface area (Å²) >= 11 is 0. The van der Waals surface area contributed by atoms with Crippen LogP contribution in [0, 0.1) is 0 Å². The van der Waals surface area contributed by atoms with Crippen molar-refractivity contribution in [1.29, 1.82) is 0 Å². The minimum Gasteiger partial charge on any atom is -0.494 e. The minimum absolute atomic E-state index is 0.248. The summed E-state index contributed by atoms with van der Waals surface area (Å²) < 4.78 is 16.4. The van der Waals surface area contributed by atoms with E-state index in [9.17, 15) is 0 Å². The second-order valence-electron chi connectivity index (χ2n) is 5.06. The van der Waals surface area contributed by atoms with E-state index in [1.54, 1.807) is 6.26 Å². The van der Waals surface area contributed by atoms with Gasteiger partial charge in [-0.05, 0) is 30.7 Å². The molecule has 0 fully saturated rings. The molecule has 2 rings (SSSR count). The first-order chi connectivity index (χ1) is 10.2. The first-order valence-electron chi connectivity index (χ1n) is 7.26. The fraction of sp³-hybridized carbons (Fsp3) is 0.438. The Hall–Kier alpha value is -2.01. The van der Waals surface area contributed by atoms with Crippen LogP contribution in [0.5, 0.6) is 17.6 Å². The number of hydrogen-bond donors (Lipinski definition) is 1. The van der Waals surface area contributed by atoms with E-state index in [-0.39, 0.29) is 6.08 Å². The number of oxazole rings is 1. The second kappa shape index (κ2) is 7.69. The number of nitrogens with one attached hydrogen (secondary N) is 1. The number of ether oxygens (including phenoxy) is 2. The third-order valence-electron chi connectivity index (χ3n) is 2.72. The molecule has 0 amide bonds. The minimum atomic E-state index is 0.248. The molecule has 0 spiro atoms. The van der Waals surface area contributed by atoms with Crippen molar-refractivity contribution in [2.24, 2.45) is 0 Å². The normalized spacial score (nSPS) is 10.9. The van der Waals surface area contributed by atoms with Crippen molar-refractivity contribution >= 4 is 0 Å². The molecule has 2 aromatic rings. The summed E-state index contributed by atoms with van der Waals surface area (Å²) in [4.78, 5) is 4.27. The lowest BCUT2D eigenvalue weighted by molar-refractivity contribution is 0.314. The molecule has 0 saturated carbocycles. The smallest absolute Gasteiger partial charge is 0.399 e. The molecule has 1 N–H and O–H groups in total. The van der Waals surface area contributed by atoms with Gasteiger partial charge in [-0.2, -0.15) is 4.98 Å². The van der Waals surface area contributed by atoms with Crippen molar-refractivity contribution < 1.29 is 13.9 Å². The van der Waals surface area contributed by atoms with E-state index in [2.05, 4.69) is 31.1 Å². The van der Waals surface area contributed by atoms with Gasteiger partial charge in [-0.15, -0.1) is 0 Å². The van der Waals surface area contributed by atoms with E-state index in [0.29, 0.717) is 24.9 Å². The van der Waals surface area contributed by atoms with Crippen LogP contribution >= 0.6 is 0 Å². The van der Waals surface area contributed by atoms with Crippen molar-refractivity contribution in [3.05, 3.63) is 36.2 Å². The molecule has 21 heavy (non-hydrogen) atoms. The highest BCUT2D eigenvalue weighted by atomic mass is 16.6. The fourth-order valence-electron chi connectivity index (χ4n) is 1.65. The Morgan fingerprint density at radius 1 is 1.19 bits per heavy atom. The number of aromatic nitrogens is 1. The Morgan fingerprint density at radius 2 is 1.90 bits per heavy atom. The highest BCUT2D eigenvalue weighted by Gasteiger charge is 2.07. The van der Waals surface area contributed by atoms with Crippen molar-refractivity contribution in [2.45, 2.75) is 39.8 Å². The largest absolute Gasteiger partial charge is 0.494 e. The first-order valence-corrected chi connectivity index (χ1v) is 7.26. The maximum absolute atomic E-state index is 5.56. The van der Waals surface area contributed by atoms with Gasteiger partial charge < -0.3 is 19.2 Å². The quantitative estimate of drug-likeness (QED) is 0.802. The fourth-order valence-corrected chi connectivity index (χ4v) is 1.65. The maximum atomic E-state index is 5.56. The van der Waals surface area contributed by atoms with Gasteiger partial charge in [0.2, 0.25) is 0 Å². The average Bonchev–Trinajstić information content (AvgIpc) is 2.92. The van der Waals surface area contributed by atoms with E-state index in [0.717, 1.165) is 17.9 Å². The molecule has 1 aromatic heterocycles. The highest BCUT2D eigenvalue weighted by molar-refractivity contribution is 5.32. The van der Waals surface area contributed by atoms with Crippen molar-refractivity contribution in [2.75, 3.05) is 6.61 Å². The van der Waals surface area contributed by atoms with Gasteiger partial charge in [0, 0.05) is 12.6 Å². The van der Waals surface area contributed by atoms with Gasteiger partial charge in [0.15, 0.2) is 0 Å². The van der Waals surface area contributed by atoms with Crippen LogP contribution in [0.2, 0.25) is 0 Å². The van der Waals surface area contributed by atoms with Crippen LogP contribution in [0.1, 0.15) is 32.9 Å². The zero-order valence-electron chi connectivity index (χ0n) is 12.8. The number of nitrogens with zero attached hydrogens (tertiary/aromatic N) is 1. The summed E-state index contributed by atoms with van der Waals surface area (Å²) in [6.07, 6.45) is 2.84. The van der Waals surface area contributed by atoms with E-state index in [4.69, 9.17) is 13.9 Å². The van der Waals surface area contributed by atoms with Gasteiger partial charge in [0.05, 0.1) is 12.3 Å². The maximum Gasteiger partial charge on any atom is 0.399 e. The zero-order valence-corrected chi connectivity index (χ0v) is 12.8. The highest BCUT2D eigenvalue weighted by Crippen LogP contribution is 2.23. The van der Waals surface area contributed by atoms with E-state index >= 15 is 0 Å². The van der Waals surface area contributed by atoms with Crippen molar-refractivity contribution in [1.82, 2.24) is 10.3 Å². The van der Waals surface area contributed by atoms with Gasteiger partial charge in [-0.1, -0.05) is 20.8 Å². The molecular formula is C16H22N2O3. The molecule has 0 saturated heterocycles. The summed E-state index contributed by atoms with van der Waals surface area (Å²) in [6, 6.07) is 7.81. The molecule has 5 heteroatoms. The lowest BCUT2D eigenvalue weighted by Gasteiger charge is -2.05. The molecule has 0 unspecified atom stereocenters. The van der Waals surface area contributed by atoms with E-state index in [1.807, 2.05) is 24.3 Å². The Kier molecular flexibility index (Phi) is 5.63. The lowest BCUT2D eigenvalue weighted by atomic mass is 10.3. The number of benzene rings is 1. The van der Waals surface area contributed by atoms with Crippen molar-refractivity contribution in [3.63, 3.8) is 0 Å². The molecular weight excluding hydrogens is 268 g/mol. The molecule has 0 atom stereocenters. The molecule has 114 valence electrons. The first kappa shape index (κ1) is 15.4. The predicted molar refractivity (Wildman–Crippen MR) is 80.8 cm³/mol. The van der Waals surface area contributed by atoms with Crippen LogP contribution in [-0.2, 0) is 6.54 Å². The SMILES string of the molecule is CCCOc1ccc(Oc2nc(CNC(C)C)co2)cc1. The molecule has 1 aromatic carbocycles.